The molecule has 0 radical (unpaired) electrons. The Balaban J connectivity index is 2.18. The highest BCUT2D eigenvalue weighted by atomic mass is 32.2. The van der Waals surface area contributed by atoms with Gasteiger partial charge in [0.15, 0.2) is 0 Å². The fraction of sp³-hybridized carbons (Fsp3) is 0.389. The number of hydrogen-bond donors (Lipinski definition) is 1. The van der Waals surface area contributed by atoms with Gasteiger partial charge in [0.2, 0.25) is 0 Å². The monoisotopic (exact) mass is 302 g/mol. The first kappa shape index (κ1) is 15.9. The van der Waals surface area contributed by atoms with Crippen LogP contribution >= 0.6 is 11.8 Å². The molecule has 2 nitrogen and oxygen atoms in total. The van der Waals surface area contributed by atoms with Gasteiger partial charge in [0, 0.05) is 10.1 Å². The first-order chi connectivity index (χ1) is 9.83. The molecule has 0 aliphatic heterocycles. The van der Waals surface area contributed by atoms with E-state index in [-0.39, 0.29) is 17.1 Å². The van der Waals surface area contributed by atoms with Gasteiger partial charge in [-0.2, -0.15) is 0 Å². The first-order valence-corrected chi connectivity index (χ1v) is 8.09. The Morgan fingerprint density at radius 2 is 1.81 bits per heavy atom. The van der Waals surface area contributed by atoms with Crippen LogP contribution in [0.1, 0.15) is 33.6 Å². The zero-order valence-electron chi connectivity index (χ0n) is 12.8. The molecule has 0 aromatic heterocycles. The Morgan fingerprint density at radius 3 is 2.43 bits per heavy atom. The van der Waals surface area contributed by atoms with Crippen LogP contribution in [0.25, 0.3) is 10.8 Å². The van der Waals surface area contributed by atoms with Crippen molar-refractivity contribution in [1.29, 1.82) is 0 Å². The fourth-order valence-corrected chi connectivity index (χ4v) is 4.00. The van der Waals surface area contributed by atoms with Gasteiger partial charge in [0.1, 0.15) is 0 Å². The summed E-state index contributed by atoms with van der Waals surface area (Å²) in [5.41, 5.74) is 0.129. The van der Waals surface area contributed by atoms with E-state index >= 15 is 0 Å². The molecule has 21 heavy (non-hydrogen) atoms. The van der Waals surface area contributed by atoms with Crippen molar-refractivity contribution in [2.75, 3.05) is 0 Å². The van der Waals surface area contributed by atoms with Crippen molar-refractivity contribution in [3.8, 4) is 0 Å². The highest BCUT2D eigenvalue weighted by Gasteiger charge is 2.22. The third-order valence-corrected chi connectivity index (χ3v) is 4.46. The van der Waals surface area contributed by atoms with E-state index in [1.807, 2.05) is 12.1 Å². The molecule has 0 saturated heterocycles. The van der Waals surface area contributed by atoms with Crippen LogP contribution in [0.4, 0.5) is 0 Å². The maximum absolute atomic E-state index is 11.1. The number of rotatable bonds is 5. The number of carboxylic acids is 1. The van der Waals surface area contributed by atoms with E-state index in [2.05, 4.69) is 51.1 Å². The molecule has 0 saturated carbocycles. The summed E-state index contributed by atoms with van der Waals surface area (Å²) in [5, 5.41) is 11.6. The van der Waals surface area contributed by atoms with Crippen molar-refractivity contribution in [2.24, 2.45) is 5.41 Å². The molecule has 0 amide bonds. The Morgan fingerprint density at radius 1 is 1.14 bits per heavy atom. The Bertz CT molecular complexity index is 628. The number of benzene rings is 2. The van der Waals surface area contributed by atoms with E-state index in [1.165, 1.54) is 10.8 Å². The van der Waals surface area contributed by atoms with Crippen molar-refractivity contribution >= 4 is 28.5 Å². The van der Waals surface area contributed by atoms with Gasteiger partial charge in [-0.25, -0.2) is 0 Å². The topological polar surface area (TPSA) is 37.3 Å². The third-order valence-electron chi connectivity index (χ3n) is 3.27. The summed E-state index contributed by atoms with van der Waals surface area (Å²) in [6, 6.07) is 14.6. The molecular weight excluding hydrogens is 280 g/mol. The van der Waals surface area contributed by atoms with Crippen LogP contribution in [-0.2, 0) is 4.79 Å². The normalized spacial score (nSPS) is 13.3. The van der Waals surface area contributed by atoms with E-state index in [4.69, 9.17) is 5.11 Å². The number of carboxylic acid groups (broad SMARTS) is 1. The van der Waals surface area contributed by atoms with Gasteiger partial charge in [-0.1, -0.05) is 51.1 Å². The predicted molar refractivity (Wildman–Crippen MR) is 89.9 cm³/mol. The lowest BCUT2D eigenvalue weighted by molar-refractivity contribution is -0.137. The van der Waals surface area contributed by atoms with E-state index in [1.54, 1.807) is 11.8 Å². The summed E-state index contributed by atoms with van der Waals surface area (Å²) in [7, 11) is 0. The molecule has 2 aromatic rings. The fourth-order valence-electron chi connectivity index (χ4n) is 2.47. The van der Waals surface area contributed by atoms with Crippen LogP contribution in [0.3, 0.4) is 0 Å². The summed E-state index contributed by atoms with van der Waals surface area (Å²) >= 11 is 1.68. The summed E-state index contributed by atoms with van der Waals surface area (Å²) in [5.74, 6) is -0.725. The molecule has 0 bridgehead atoms. The van der Waals surface area contributed by atoms with E-state index in [0.29, 0.717) is 0 Å². The molecular formula is C18H22O2S. The molecule has 1 N–H and O–H groups in total. The highest BCUT2D eigenvalue weighted by molar-refractivity contribution is 8.00. The van der Waals surface area contributed by atoms with Crippen molar-refractivity contribution < 1.29 is 9.90 Å². The zero-order chi connectivity index (χ0) is 15.5. The molecule has 0 fully saturated rings. The molecule has 2 aromatic carbocycles. The second-order valence-electron chi connectivity index (χ2n) is 6.61. The summed E-state index contributed by atoms with van der Waals surface area (Å²) in [4.78, 5) is 12.2. The average Bonchev–Trinajstić information content (AvgIpc) is 2.35. The largest absolute Gasteiger partial charge is 0.481 e. The van der Waals surface area contributed by atoms with Crippen LogP contribution < -0.4 is 0 Å². The summed E-state index contributed by atoms with van der Waals surface area (Å²) < 4.78 is 0. The van der Waals surface area contributed by atoms with E-state index in [9.17, 15) is 4.79 Å². The van der Waals surface area contributed by atoms with Gasteiger partial charge < -0.3 is 5.11 Å². The molecule has 0 aliphatic carbocycles. The minimum Gasteiger partial charge on any atom is -0.481 e. The highest BCUT2D eigenvalue weighted by Crippen LogP contribution is 2.35. The molecule has 1 unspecified atom stereocenters. The van der Waals surface area contributed by atoms with Crippen molar-refractivity contribution in [3.05, 3.63) is 42.5 Å². The predicted octanol–water partition coefficient (Wildman–Crippen LogP) is 5.21. The summed E-state index contributed by atoms with van der Waals surface area (Å²) in [6.07, 6.45) is 1.09. The van der Waals surface area contributed by atoms with Crippen LogP contribution in [-0.4, -0.2) is 16.3 Å². The molecule has 1 atom stereocenters. The Kier molecular flexibility index (Phi) is 4.94. The lowest BCUT2D eigenvalue weighted by Crippen LogP contribution is -2.18. The number of hydrogen-bond acceptors (Lipinski definition) is 2. The number of fused-ring (bicyclic) bond motifs is 1. The first-order valence-electron chi connectivity index (χ1n) is 7.21. The Labute approximate surface area is 130 Å². The second-order valence-corrected chi connectivity index (χ2v) is 7.99. The molecule has 2 rings (SSSR count). The zero-order valence-corrected chi connectivity index (χ0v) is 13.6. The van der Waals surface area contributed by atoms with Gasteiger partial charge in [-0.3, -0.25) is 4.79 Å². The second kappa shape index (κ2) is 6.52. The smallest absolute Gasteiger partial charge is 0.304 e. The Hall–Kier alpha value is -1.48. The SMILES string of the molecule is CC(C)(C)CC(CC(=O)O)Sc1ccc2ccccc2c1. The van der Waals surface area contributed by atoms with Gasteiger partial charge in [0.05, 0.1) is 6.42 Å². The van der Waals surface area contributed by atoms with Crippen LogP contribution in [0.2, 0.25) is 0 Å². The van der Waals surface area contributed by atoms with Crippen molar-refractivity contribution in [1.82, 2.24) is 0 Å². The van der Waals surface area contributed by atoms with Gasteiger partial charge in [-0.05, 0) is 34.7 Å². The van der Waals surface area contributed by atoms with Gasteiger partial charge >= 0.3 is 5.97 Å². The third kappa shape index (κ3) is 5.09. The lowest BCUT2D eigenvalue weighted by Gasteiger charge is -2.24. The quantitative estimate of drug-likeness (QED) is 0.770. The molecule has 112 valence electrons. The number of thioether (sulfide) groups is 1. The molecule has 0 spiro atoms. The minimum atomic E-state index is -0.725. The van der Waals surface area contributed by atoms with E-state index < -0.39 is 5.97 Å². The molecule has 0 heterocycles. The van der Waals surface area contributed by atoms with Crippen molar-refractivity contribution in [2.45, 2.75) is 43.8 Å². The lowest BCUT2D eigenvalue weighted by atomic mass is 9.89. The van der Waals surface area contributed by atoms with Gasteiger partial charge in [0.25, 0.3) is 0 Å². The average molecular weight is 302 g/mol. The van der Waals surface area contributed by atoms with Crippen LogP contribution in [0.15, 0.2) is 47.4 Å². The maximum Gasteiger partial charge on any atom is 0.304 e. The van der Waals surface area contributed by atoms with E-state index in [0.717, 1.165) is 11.3 Å². The van der Waals surface area contributed by atoms with Crippen molar-refractivity contribution in [3.63, 3.8) is 0 Å². The maximum atomic E-state index is 11.1. The van der Waals surface area contributed by atoms with Gasteiger partial charge in [-0.15, -0.1) is 11.8 Å². The number of carbonyl (C=O) groups is 1. The number of aliphatic carboxylic acids is 1. The van der Waals surface area contributed by atoms with Crippen LogP contribution in [0, 0.1) is 5.41 Å². The van der Waals surface area contributed by atoms with Crippen LogP contribution in [0.5, 0.6) is 0 Å². The summed E-state index contributed by atoms with van der Waals surface area (Å²) in [6.45, 7) is 6.47. The standard InChI is InChI=1S/C18H22O2S/c1-18(2,3)12-16(11-17(19)20)21-15-9-8-13-6-4-5-7-14(13)10-15/h4-10,16H,11-12H2,1-3H3,(H,19,20). The minimum absolute atomic E-state index is 0.101. The molecule has 0 aliphatic rings. The molecule has 3 heteroatoms.